The molecule has 0 atom stereocenters. The van der Waals surface area contributed by atoms with Crippen LogP contribution in [0.4, 0.5) is 4.39 Å². The molecule has 0 aliphatic rings. The Morgan fingerprint density at radius 1 is 1.64 bits per heavy atom. The quantitative estimate of drug-likeness (QED) is 0.713. The molecule has 4 heteroatoms. The van der Waals surface area contributed by atoms with Crippen LogP contribution < -0.4 is 0 Å². The van der Waals surface area contributed by atoms with Crippen LogP contribution in [0.5, 0.6) is 0 Å². The summed E-state index contributed by atoms with van der Waals surface area (Å²) in [7, 11) is 0. The summed E-state index contributed by atoms with van der Waals surface area (Å²) in [6, 6.07) is 0. The van der Waals surface area contributed by atoms with Crippen LogP contribution in [-0.4, -0.2) is 9.97 Å². The molecule has 60 valence electrons. The second-order valence-electron chi connectivity index (χ2n) is 2.17. The standard InChI is InChI=1S/C7H8BrFN2/c1-2-3-6-10-4-5(9)7(8)11-6/h4H,2-3H2,1H3. The summed E-state index contributed by atoms with van der Waals surface area (Å²) >= 11 is 2.99. The van der Waals surface area contributed by atoms with E-state index in [1.54, 1.807) is 0 Å². The molecule has 0 unspecified atom stereocenters. The average Bonchev–Trinajstić information content (AvgIpc) is 1.98. The topological polar surface area (TPSA) is 25.8 Å². The van der Waals surface area contributed by atoms with E-state index in [1.165, 1.54) is 6.20 Å². The van der Waals surface area contributed by atoms with Crippen molar-refractivity contribution in [1.82, 2.24) is 9.97 Å². The van der Waals surface area contributed by atoms with Crippen LogP contribution in [-0.2, 0) is 6.42 Å². The molecular weight excluding hydrogens is 211 g/mol. The molecule has 0 aliphatic carbocycles. The minimum atomic E-state index is -0.412. The lowest BCUT2D eigenvalue weighted by Crippen LogP contribution is -1.96. The van der Waals surface area contributed by atoms with Crippen molar-refractivity contribution in [2.24, 2.45) is 0 Å². The van der Waals surface area contributed by atoms with Crippen LogP contribution in [0.2, 0.25) is 0 Å². The maximum atomic E-state index is 12.6. The molecule has 0 bridgehead atoms. The Morgan fingerprint density at radius 3 is 2.91 bits per heavy atom. The second-order valence-corrected chi connectivity index (χ2v) is 2.93. The van der Waals surface area contributed by atoms with Gasteiger partial charge in [0.2, 0.25) is 0 Å². The lowest BCUT2D eigenvalue weighted by Gasteiger charge is -1.97. The maximum Gasteiger partial charge on any atom is 0.174 e. The fourth-order valence-electron chi connectivity index (χ4n) is 0.724. The van der Waals surface area contributed by atoms with E-state index < -0.39 is 5.82 Å². The van der Waals surface area contributed by atoms with Crippen molar-refractivity contribution in [2.45, 2.75) is 19.8 Å². The predicted octanol–water partition coefficient (Wildman–Crippen LogP) is 2.33. The first kappa shape index (κ1) is 8.59. The molecule has 1 aromatic heterocycles. The van der Waals surface area contributed by atoms with Gasteiger partial charge in [-0.05, 0) is 22.4 Å². The van der Waals surface area contributed by atoms with Gasteiger partial charge in [0.25, 0.3) is 0 Å². The lowest BCUT2D eigenvalue weighted by atomic mass is 10.3. The van der Waals surface area contributed by atoms with Gasteiger partial charge >= 0.3 is 0 Å². The highest BCUT2D eigenvalue weighted by molar-refractivity contribution is 9.10. The molecule has 0 radical (unpaired) electrons. The van der Waals surface area contributed by atoms with E-state index in [2.05, 4.69) is 25.9 Å². The van der Waals surface area contributed by atoms with Gasteiger partial charge in [0.15, 0.2) is 5.82 Å². The van der Waals surface area contributed by atoms with Crippen LogP contribution in [0, 0.1) is 5.82 Å². The van der Waals surface area contributed by atoms with Crippen molar-refractivity contribution in [3.8, 4) is 0 Å². The first-order valence-electron chi connectivity index (χ1n) is 3.41. The second kappa shape index (κ2) is 3.76. The van der Waals surface area contributed by atoms with E-state index in [4.69, 9.17) is 0 Å². The molecule has 0 N–H and O–H groups in total. The van der Waals surface area contributed by atoms with Crippen molar-refractivity contribution in [3.63, 3.8) is 0 Å². The van der Waals surface area contributed by atoms with E-state index in [0.717, 1.165) is 12.8 Å². The number of aryl methyl sites for hydroxylation is 1. The average molecular weight is 219 g/mol. The number of nitrogens with zero attached hydrogens (tertiary/aromatic N) is 2. The van der Waals surface area contributed by atoms with Gasteiger partial charge in [-0.1, -0.05) is 6.92 Å². The molecular formula is C7H8BrFN2. The molecule has 0 amide bonds. The van der Waals surface area contributed by atoms with E-state index in [-0.39, 0.29) is 4.60 Å². The molecule has 0 saturated carbocycles. The molecule has 1 aromatic rings. The zero-order chi connectivity index (χ0) is 8.27. The molecule has 1 rings (SSSR count). The smallest absolute Gasteiger partial charge is 0.174 e. The van der Waals surface area contributed by atoms with Crippen LogP contribution in [0.15, 0.2) is 10.8 Å². The molecule has 11 heavy (non-hydrogen) atoms. The molecule has 2 nitrogen and oxygen atoms in total. The summed E-state index contributed by atoms with van der Waals surface area (Å²) in [5, 5.41) is 0. The molecule has 0 aliphatic heterocycles. The SMILES string of the molecule is CCCc1ncc(F)c(Br)n1. The molecule has 0 saturated heterocycles. The van der Waals surface area contributed by atoms with Crippen LogP contribution in [0.25, 0.3) is 0 Å². The van der Waals surface area contributed by atoms with Crippen molar-refractivity contribution in [1.29, 1.82) is 0 Å². The summed E-state index contributed by atoms with van der Waals surface area (Å²) in [6.07, 6.45) is 2.94. The van der Waals surface area contributed by atoms with E-state index >= 15 is 0 Å². The normalized spacial score (nSPS) is 10.1. The van der Waals surface area contributed by atoms with Gasteiger partial charge in [-0.25, -0.2) is 14.4 Å². The van der Waals surface area contributed by atoms with Gasteiger partial charge in [0, 0.05) is 6.42 Å². The highest BCUT2D eigenvalue weighted by Gasteiger charge is 2.01. The molecule has 0 fully saturated rings. The minimum Gasteiger partial charge on any atom is -0.238 e. The van der Waals surface area contributed by atoms with Gasteiger partial charge in [-0.3, -0.25) is 0 Å². The summed E-state index contributed by atoms with van der Waals surface area (Å²) in [5.74, 6) is 0.269. The summed E-state index contributed by atoms with van der Waals surface area (Å²) in [6.45, 7) is 2.03. The zero-order valence-electron chi connectivity index (χ0n) is 6.14. The third kappa shape index (κ3) is 2.22. The lowest BCUT2D eigenvalue weighted by molar-refractivity contribution is 0.598. The fourth-order valence-corrected chi connectivity index (χ4v) is 1.03. The Labute approximate surface area is 73.0 Å². The Balaban J connectivity index is 2.86. The number of hydrogen-bond acceptors (Lipinski definition) is 2. The third-order valence-electron chi connectivity index (χ3n) is 1.22. The third-order valence-corrected chi connectivity index (χ3v) is 1.78. The molecule has 0 aromatic carbocycles. The number of aromatic nitrogens is 2. The van der Waals surface area contributed by atoms with Crippen LogP contribution in [0.3, 0.4) is 0 Å². The van der Waals surface area contributed by atoms with E-state index in [0.29, 0.717) is 5.82 Å². The molecule has 1 heterocycles. The summed E-state index contributed by atoms with van der Waals surface area (Å²) in [4.78, 5) is 7.71. The zero-order valence-corrected chi connectivity index (χ0v) is 7.73. The van der Waals surface area contributed by atoms with Crippen molar-refractivity contribution < 1.29 is 4.39 Å². The Bertz CT molecular complexity index is 252. The Kier molecular flexibility index (Phi) is 2.93. The summed E-state index contributed by atoms with van der Waals surface area (Å²) < 4.78 is 12.8. The maximum absolute atomic E-state index is 12.6. The first-order chi connectivity index (χ1) is 5.24. The number of halogens is 2. The van der Waals surface area contributed by atoms with Crippen molar-refractivity contribution >= 4 is 15.9 Å². The largest absolute Gasteiger partial charge is 0.238 e. The predicted molar refractivity (Wildman–Crippen MR) is 43.7 cm³/mol. The number of hydrogen-bond donors (Lipinski definition) is 0. The Hall–Kier alpha value is -0.510. The molecule has 0 spiro atoms. The minimum absolute atomic E-state index is 0.246. The van der Waals surface area contributed by atoms with Crippen molar-refractivity contribution in [3.05, 3.63) is 22.4 Å². The van der Waals surface area contributed by atoms with E-state index in [1.807, 2.05) is 6.92 Å². The van der Waals surface area contributed by atoms with Gasteiger partial charge in [-0.2, -0.15) is 0 Å². The highest BCUT2D eigenvalue weighted by atomic mass is 79.9. The van der Waals surface area contributed by atoms with E-state index in [9.17, 15) is 4.39 Å². The highest BCUT2D eigenvalue weighted by Crippen LogP contribution is 2.10. The van der Waals surface area contributed by atoms with Gasteiger partial charge in [0.05, 0.1) is 6.20 Å². The van der Waals surface area contributed by atoms with Gasteiger partial charge in [-0.15, -0.1) is 0 Å². The van der Waals surface area contributed by atoms with Crippen LogP contribution in [0.1, 0.15) is 19.2 Å². The Morgan fingerprint density at radius 2 is 2.36 bits per heavy atom. The van der Waals surface area contributed by atoms with Gasteiger partial charge < -0.3 is 0 Å². The fraction of sp³-hybridized carbons (Fsp3) is 0.429. The van der Waals surface area contributed by atoms with Gasteiger partial charge in [0.1, 0.15) is 10.4 Å². The summed E-state index contributed by atoms with van der Waals surface area (Å²) in [5.41, 5.74) is 0. The van der Waals surface area contributed by atoms with Crippen molar-refractivity contribution in [2.75, 3.05) is 0 Å². The first-order valence-corrected chi connectivity index (χ1v) is 4.20. The monoisotopic (exact) mass is 218 g/mol. The van der Waals surface area contributed by atoms with Crippen LogP contribution >= 0.6 is 15.9 Å². The number of rotatable bonds is 2.